The summed E-state index contributed by atoms with van der Waals surface area (Å²) < 4.78 is 5.73. The lowest BCUT2D eigenvalue weighted by Gasteiger charge is -2.31. The topological polar surface area (TPSA) is 262 Å². The third-order valence-electron chi connectivity index (χ3n) is 10.8. The predicted octanol–water partition coefficient (Wildman–Crippen LogP) is 2.80. The Morgan fingerprint density at radius 3 is 1.68 bits per heavy atom. The summed E-state index contributed by atoms with van der Waals surface area (Å²) in [5, 5.41) is 46.5. The van der Waals surface area contributed by atoms with E-state index < -0.39 is 103 Å². The molecule has 1 fully saturated rings. The Morgan fingerprint density at radius 1 is 0.661 bits per heavy atom. The van der Waals surface area contributed by atoms with Gasteiger partial charge in [-0.15, -0.1) is 0 Å². The first-order valence-electron chi connectivity index (χ1n) is 23.2. The molecule has 0 spiro atoms. The third kappa shape index (κ3) is 22.5. The van der Waals surface area contributed by atoms with Gasteiger partial charge in [0.15, 0.2) is 0 Å². The van der Waals surface area contributed by atoms with Gasteiger partial charge in [-0.2, -0.15) is 0 Å². The quantitative estimate of drug-likeness (QED) is 0.0476. The molecule has 1 heterocycles. The van der Waals surface area contributed by atoms with Gasteiger partial charge in [0.2, 0.25) is 35.4 Å². The molecule has 0 aliphatic carbocycles. The Morgan fingerprint density at radius 2 is 1.16 bits per heavy atom. The van der Waals surface area contributed by atoms with Crippen LogP contribution in [0.25, 0.3) is 0 Å². The van der Waals surface area contributed by atoms with Crippen molar-refractivity contribution in [1.29, 1.82) is 0 Å². The van der Waals surface area contributed by atoms with Crippen molar-refractivity contribution in [2.75, 3.05) is 6.61 Å². The Balaban J connectivity index is 3.29. The minimum atomic E-state index is -1.71. The number of cyclic esters (lactones) is 1. The van der Waals surface area contributed by atoms with Crippen molar-refractivity contribution < 1.29 is 53.6 Å². The zero-order valence-electron chi connectivity index (χ0n) is 39.1. The molecule has 0 aromatic rings. The molecular weight excluding hydrogens is 801 g/mol. The molecule has 0 aromatic heterocycles. The Hall–Kier alpha value is -3.83. The van der Waals surface area contributed by atoms with Crippen LogP contribution < -0.4 is 31.9 Å². The van der Waals surface area contributed by atoms with Gasteiger partial charge >= 0.3 is 5.97 Å². The van der Waals surface area contributed by atoms with Crippen LogP contribution in [0.2, 0.25) is 0 Å². The second-order valence-electron chi connectivity index (χ2n) is 18.4. The standard InChI is InChI=1S/C45H82N6O11/c1-10-11-12-13-14-15-16-17-18-19-20-21-32(54)25-37(55)46-33(22-27(2)3)41(57)51-39-31(9)62-45(61)35(24-29(6)7)48-40(56)34(23-28(4)5)47-43(59)38(30(8)53)50-42(58)36(26-52)49-44(39)60/h27-36,38-39,52-54H,10-26H2,1-9H3,(H,46,55)(H,47,59)(H,48,56)(H,49,60)(H,50,58)(H,51,57)/t30-,31-,32-,33+,34+,35-,36+,38-,39-/m0/s1. The summed E-state index contributed by atoms with van der Waals surface area (Å²) in [5.41, 5.74) is 0. The number of esters is 1. The van der Waals surface area contributed by atoms with Crippen molar-refractivity contribution in [3.05, 3.63) is 0 Å². The molecule has 0 bridgehead atoms. The highest BCUT2D eigenvalue weighted by atomic mass is 16.5. The van der Waals surface area contributed by atoms with Crippen LogP contribution in [0.3, 0.4) is 0 Å². The molecule has 358 valence electrons. The Bertz CT molecular complexity index is 1390. The lowest BCUT2D eigenvalue weighted by molar-refractivity contribution is -0.156. The number of rotatable bonds is 25. The molecule has 9 N–H and O–H groups in total. The maximum absolute atomic E-state index is 14.0. The number of aliphatic hydroxyl groups is 3. The molecule has 1 aliphatic rings. The fourth-order valence-electron chi connectivity index (χ4n) is 7.34. The molecule has 17 heteroatoms. The van der Waals surface area contributed by atoms with Crippen molar-refractivity contribution in [3.63, 3.8) is 0 Å². The van der Waals surface area contributed by atoms with Crippen LogP contribution in [-0.2, 0) is 38.3 Å². The van der Waals surface area contributed by atoms with Crippen LogP contribution in [-0.4, -0.2) is 118 Å². The Labute approximate surface area is 370 Å². The number of hydrogen-bond donors (Lipinski definition) is 9. The van der Waals surface area contributed by atoms with E-state index in [1.54, 1.807) is 0 Å². The molecule has 0 saturated carbocycles. The third-order valence-corrected chi connectivity index (χ3v) is 10.8. The van der Waals surface area contributed by atoms with E-state index in [0.717, 1.165) is 25.7 Å². The summed E-state index contributed by atoms with van der Waals surface area (Å²) in [6.07, 6.45) is 9.43. The van der Waals surface area contributed by atoms with Gasteiger partial charge in [0, 0.05) is 0 Å². The van der Waals surface area contributed by atoms with Crippen LogP contribution >= 0.6 is 0 Å². The van der Waals surface area contributed by atoms with Crippen LogP contribution in [0, 0.1) is 17.8 Å². The summed E-state index contributed by atoms with van der Waals surface area (Å²) in [5.74, 6) is -6.46. The highest BCUT2D eigenvalue weighted by molar-refractivity contribution is 5.97. The monoisotopic (exact) mass is 883 g/mol. The van der Waals surface area contributed by atoms with Gasteiger partial charge in [0.05, 0.1) is 25.2 Å². The van der Waals surface area contributed by atoms with Gasteiger partial charge < -0.3 is 52.0 Å². The lowest BCUT2D eigenvalue weighted by atomic mass is 9.99. The van der Waals surface area contributed by atoms with Gasteiger partial charge in [-0.05, 0) is 57.3 Å². The lowest BCUT2D eigenvalue weighted by Crippen LogP contribution is -2.64. The average molecular weight is 883 g/mol. The summed E-state index contributed by atoms with van der Waals surface area (Å²) in [6.45, 7) is 14.7. The summed E-state index contributed by atoms with van der Waals surface area (Å²) >= 11 is 0. The van der Waals surface area contributed by atoms with E-state index in [2.05, 4.69) is 38.8 Å². The van der Waals surface area contributed by atoms with Gasteiger partial charge in [0.25, 0.3) is 0 Å². The first-order chi connectivity index (χ1) is 29.2. The summed E-state index contributed by atoms with van der Waals surface area (Å²) in [7, 11) is 0. The number of carbonyl (C=O) groups excluding carboxylic acids is 7. The van der Waals surface area contributed by atoms with E-state index in [0.29, 0.717) is 6.42 Å². The number of aliphatic hydroxyl groups excluding tert-OH is 3. The number of hydrogen-bond acceptors (Lipinski definition) is 11. The first kappa shape index (κ1) is 56.2. The number of amides is 6. The fraction of sp³-hybridized carbons (Fsp3) is 0.844. The second kappa shape index (κ2) is 30.3. The normalized spacial score (nSPS) is 23.5. The maximum atomic E-state index is 14.0. The van der Waals surface area contributed by atoms with Crippen molar-refractivity contribution in [2.45, 2.75) is 220 Å². The molecule has 0 radical (unpaired) electrons. The van der Waals surface area contributed by atoms with E-state index in [-0.39, 0.29) is 43.4 Å². The highest BCUT2D eigenvalue weighted by Gasteiger charge is 2.39. The van der Waals surface area contributed by atoms with Crippen molar-refractivity contribution >= 4 is 41.4 Å². The maximum Gasteiger partial charge on any atom is 0.328 e. The minimum absolute atomic E-state index is 0.107. The predicted molar refractivity (Wildman–Crippen MR) is 236 cm³/mol. The van der Waals surface area contributed by atoms with E-state index in [4.69, 9.17) is 4.74 Å². The summed E-state index contributed by atoms with van der Waals surface area (Å²) in [4.78, 5) is 95.4. The summed E-state index contributed by atoms with van der Waals surface area (Å²) in [6, 6.07) is -8.63. The molecule has 1 aliphatic heterocycles. The van der Waals surface area contributed by atoms with Crippen LogP contribution in [0.4, 0.5) is 0 Å². The molecule has 0 aromatic carbocycles. The van der Waals surface area contributed by atoms with Gasteiger partial charge in [0.1, 0.15) is 42.4 Å². The van der Waals surface area contributed by atoms with E-state index in [1.165, 1.54) is 58.8 Å². The molecule has 0 unspecified atom stereocenters. The number of ether oxygens (including phenoxy) is 1. The molecular formula is C45H82N6O11. The van der Waals surface area contributed by atoms with Crippen molar-refractivity contribution in [1.82, 2.24) is 31.9 Å². The molecule has 62 heavy (non-hydrogen) atoms. The van der Waals surface area contributed by atoms with E-state index in [1.807, 2.05) is 41.5 Å². The van der Waals surface area contributed by atoms with Crippen LogP contribution in [0.15, 0.2) is 0 Å². The van der Waals surface area contributed by atoms with Crippen molar-refractivity contribution in [3.8, 4) is 0 Å². The molecule has 17 nitrogen and oxygen atoms in total. The number of unbranched alkanes of at least 4 members (excludes halogenated alkanes) is 10. The average Bonchev–Trinajstić information content (AvgIpc) is 3.17. The second-order valence-corrected chi connectivity index (χ2v) is 18.4. The Kier molecular flexibility index (Phi) is 27.4. The molecule has 6 amide bonds. The molecule has 1 rings (SSSR count). The van der Waals surface area contributed by atoms with Gasteiger partial charge in [-0.3, -0.25) is 28.8 Å². The van der Waals surface area contributed by atoms with Crippen LogP contribution in [0.1, 0.15) is 165 Å². The van der Waals surface area contributed by atoms with Gasteiger partial charge in [-0.1, -0.05) is 119 Å². The SMILES string of the molecule is CCCCCCCCCCCCC[C@H](O)CC(=O)N[C@H](CC(C)C)C(=O)N[C@@H]1C(=O)N[C@H](CO)C(=O)N[C@@H]([C@H](C)O)C(=O)N[C@H](CC(C)C)C(=O)N[C@@H](CC(C)C)C(=O)O[C@H]1C. The first-order valence-corrected chi connectivity index (χ1v) is 23.2. The zero-order chi connectivity index (χ0) is 46.9. The van der Waals surface area contributed by atoms with E-state index >= 15 is 0 Å². The highest BCUT2D eigenvalue weighted by Crippen LogP contribution is 2.16. The fourth-order valence-corrected chi connectivity index (χ4v) is 7.34. The molecule has 1 saturated heterocycles. The largest absolute Gasteiger partial charge is 0.458 e. The molecule has 9 atom stereocenters. The number of carbonyl (C=O) groups is 7. The van der Waals surface area contributed by atoms with E-state index in [9.17, 15) is 48.9 Å². The minimum Gasteiger partial charge on any atom is -0.458 e. The van der Waals surface area contributed by atoms with Crippen LogP contribution in [0.5, 0.6) is 0 Å². The van der Waals surface area contributed by atoms with Gasteiger partial charge in [-0.25, -0.2) is 4.79 Å². The smallest absolute Gasteiger partial charge is 0.328 e. The van der Waals surface area contributed by atoms with Crippen molar-refractivity contribution in [2.24, 2.45) is 17.8 Å². The zero-order valence-corrected chi connectivity index (χ0v) is 39.1. The number of nitrogens with one attached hydrogen (secondary N) is 6.